The van der Waals surface area contributed by atoms with E-state index in [0.29, 0.717) is 10.8 Å². The summed E-state index contributed by atoms with van der Waals surface area (Å²) in [7, 11) is 0. The van der Waals surface area contributed by atoms with E-state index in [-0.39, 0.29) is 11.4 Å². The summed E-state index contributed by atoms with van der Waals surface area (Å²) in [6.07, 6.45) is -1.48. The van der Waals surface area contributed by atoms with Crippen molar-refractivity contribution in [3.63, 3.8) is 0 Å². The van der Waals surface area contributed by atoms with Gasteiger partial charge in [-0.15, -0.1) is 5.10 Å². The first-order chi connectivity index (χ1) is 15.4. The Labute approximate surface area is 187 Å². The van der Waals surface area contributed by atoms with Crippen molar-refractivity contribution in [1.82, 2.24) is 20.2 Å². The largest absolute Gasteiger partial charge is 0.416 e. The third-order valence-electron chi connectivity index (χ3n) is 5.07. The molecule has 1 N–H and O–H groups in total. The number of para-hydroxylation sites is 1. The number of aromatic nitrogens is 4. The van der Waals surface area contributed by atoms with E-state index in [1.54, 1.807) is 0 Å². The number of nitrogens with zero attached hydrogens (tertiary/aromatic N) is 5. The second kappa shape index (κ2) is 9.60. The predicted octanol–water partition coefficient (Wildman–Crippen LogP) is 4.40. The van der Waals surface area contributed by atoms with Crippen LogP contribution in [0.2, 0.25) is 0 Å². The number of amides is 1. The van der Waals surface area contributed by atoms with Gasteiger partial charge in [-0.05, 0) is 60.0 Å². The first kappa shape index (κ1) is 22.1. The average Bonchev–Trinajstić information content (AvgIpc) is 3.27. The second-order valence-corrected chi connectivity index (χ2v) is 8.27. The van der Waals surface area contributed by atoms with Crippen LogP contribution in [-0.2, 0) is 11.0 Å². The van der Waals surface area contributed by atoms with Crippen LogP contribution in [-0.4, -0.2) is 45.0 Å². The number of carbonyl (C=O) groups is 1. The number of halogens is 3. The zero-order valence-electron chi connectivity index (χ0n) is 17.0. The van der Waals surface area contributed by atoms with E-state index in [9.17, 15) is 18.0 Å². The van der Waals surface area contributed by atoms with E-state index in [1.165, 1.54) is 10.7 Å². The number of thioether (sulfide) groups is 1. The molecule has 1 saturated heterocycles. The Balaban J connectivity index is 1.49. The lowest BCUT2D eigenvalue weighted by molar-refractivity contribution is -0.137. The molecule has 1 aliphatic heterocycles. The SMILES string of the molecule is O=C(CSc1nnnn1-c1ccccc1)Nc1cc(C(F)(F)F)ccc1N1CCCCC1. The molecule has 0 spiro atoms. The second-order valence-electron chi connectivity index (χ2n) is 7.32. The molecule has 2 heterocycles. The van der Waals surface area contributed by atoms with Gasteiger partial charge in [0.2, 0.25) is 11.1 Å². The van der Waals surface area contributed by atoms with Crippen LogP contribution >= 0.6 is 11.8 Å². The Kier molecular flexibility index (Phi) is 6.63. The maximum atomic E-state index is 13.3. The number of anilines is 2. The minimum Gasteiger partial charge on any atom is -0.370 e. The molecule has 3 aromatic rings. The third-order valence-corrected chi connectivity index (χ3v) is 5.99. The van der Waals surface area contributed by atoms with Crippen molar-refractivity contribution in [1.29, 1.82) is 0 Å². The molecule has 7 nitrogen and oxygen atoms in total. The number of tetrazole rings is 1. The minimum atomic E-state index is -4.49. The van der Waals surface area contributed by atoms with Crippen LogP contribution in [0.3, 0.4) is 0 Å². The lowest BCUT2D eigenvalue weighted by Crippen LogP contribution is -2.30. The Morgan fingerprint density at radius 3 is 2.53 bits per heavy atom. The Bertz CT molecular complexity index is 1070. The summed E-state index contributed by atoms with van der Waals surface area (Å²) in [5, 5.41) is 14.6. The molecule has 4 rings (SSSR count). The van der Waals surface area contributed by atoms with Gasteiger partial charge in [0.15, 0.2) is 0 Å². The minimum absolute atomic E-state index is 0.0527. The summed E-state index contributed by atoms with van der Waals surface area (Å²) in [5.41, 5.74) is 0.708. The molecule has 2 aromatic carbocycles. The van der Waals surface area contributed by atoms with E-state index >= 15 is 0 Å². The zero-order valence-corrected chi connectivity index (χ0v) is 17.9. The molecule has 11 heteroatoms. The van der Waals surface area contributed by atoms with Crippen LogP contribution in [0.1, 0.15) is 24.8 Å². The smallest absolute Gasteiger partial charge is 0.370 e. The van der Waals surface area contributed by atoms with E-state index in [0.717, 1.165) is 61.9 Å². The molecule has 168 valence electrons. The van der Waals surface area contributed by atoms with Gasteiger partial charge in [-0.25, -0.2) is 0 Å². The number of hydrogen-bond donors (Lipinski definition) is 1. The molecule has 1 aromatic heterocycles. The molecule has 0 atom stereocenters. The van der Waals surface area contributed by atoms with Gasteiger partial charge in [0, 0.05) is 13.1 Å². The van der Waals surface area contributed by atoms with Crippen LogP contribution in [0.4, 0.5) is 24.5 Å². The molecule has 0 unspecified atom stereocenters. The normalized spacial score (nSPS) is 14.4. The van der Waals surface area contributed by atoms with Crippen molar-refractivity contribution >= 4 is 29.0 Å². The summed E-state index contributed by atoms with van der Waals surface area (Å²) in [5.74, 6) is -0.488. The van der Waals surface area contributed by atoms with Crippen LogP contribution in [0.25, 0.3) is 5.69 Å². The number of carbonyl (C=O) groups excluding carboxylic acids is 1. The van der Waals surface area contributed by atoms with Gasteiger partial charge in [-0.2, -0.15) is 17.9 Å². The van der Waals surface area contributed by atoms with Gasteiger partial charge >= 0.3 is 6.18 Å². The maximum absolute atomic E-state index is 13.3. The average molecular weight is 463 g/mol. The number of benzene rings is 2. The van der Waals surface area contributed by atoms with Gasteiger partial charge < -0.3 is 10.2 Å². The summed E-state index contributed by atoms with van der Waals surface area (Å²) < 4.78 is 41.3. The number of hydrogen-bond acceptors (Lipinski definition) is 6. The monoisotopic (exact) mass is 462 g/mol. The Hall–Kier alpha value is -3.08. The lowest BCUT2D eigenvalue weighted by atomic mass is 10.1. The van der Waals surface area contributed by atoms with Crippen molar-refractivity contribution in [2.24, 2.45) is 0 Å². The third kappa shape index (κ3) is 5.21. The van der Waals surface area contributed by atoms with Crippen molar-refractivity contribution in [3.05, 3.63) is 54.1 Å². The quantitative estimate of drug-likeness (QED) is 0.547. The molecule has 1 fully saturated rings. The summed E-state index contributed by atoms with van der Waals surface area (Å²) >= 11 is 1.11. The molecule has 0 aliphatic carbocycles. The predicted molar refractivity (Wildman–Crippen MR) is 116 cm³/mol. The summed E-state index contributed by atoms with van der Waals surface area (Å²) in [4.78, 5) is 14.7. The van der Waals surface area contributed by atoms with Crippen LogP contribution in [0.15, 0.2) is 53.7 Å². The Morgan fingerprint density at radius 2 is 1.81 bits per heavy atom. The van der Waals surface area contributed by atoms with Crippen LogP contribution in [0, 0.1) is 0 Å². The molecular weight excluding hydrogens is 441 g/mol. The van der Waals surface area contributed by atoms with Crippen LogP contribution in [0.5, 0.6) is 0 Å². The highest BCUT2D eigenvalue weighted by Crippen LogP contribution is 2.36. The first-order valence-corrected chi connectivity index (χ1v) is 11.1. The maximum Gasteiger partial charge on any atom is 0.416 e. The van der Waals surface area contributed by atoms with Crippen LogP contribution < -0.4 is 10.2 Å². The zero-order chi connectivity index (χ0) is 22.6. The van der Waals surface area contributed by atoms with Crippen molar-refractivity contribution < 1.29 is 18.0 Å². The fourth-order valence-corrected chi connectivity index (χ4v) is 4.23. The molecule has 0 saturated carbocycles. The fraction of sp³-hybridized carbons (Fsp3) is 0.333. The van der Waals surface area contributed by atoms with Gasteiger partial charge in [0.1, 0.15) is 0 Å². The molecule has 0 bridgehead atoms. The molecule has 1 amide bonds. The highest BCUT2D eigenvalue weighted by Gasteiger charge is 2.32. The fourth-order valence-electron chi connectivity index (χ4n) is 3.54. The molecule has 1 aliphatic rings. The molecular formula is C21H21F3N6OS. The summed E-state index contributed by atoms with van der Waals surface area (Å²) in [6, 6.07) is 12.7. The van der Waals surface area contributed by atoms with Crippen molar-refractivity contribution in [2.75, 3.05) is 29.1 Å². The van der Waals surface area contributed by atoms with Crippen molar-refractivity contribution in [2.45, 2.75) is 30.6 Å². The number of nitrogens with one attached hydrogen (secondary N) is 1. The number of piperidine rings is 1. The summed E-state index contributed by atoms with van der Waals surface area (Å²) in [6.45, 7) is 1.49. The Morgan fingerprint density at radius 1 is 1.06 bits per heavy atom. The van der Waals surface area contributed by atoms with E-state index in [4.69, 9.17) is 0 Å². The highest BCUT2D eigenvalue weighted by molar-refractivity contribution is 7.99. The number of alkyl halides is 3. The van der Waals surface area contributed by atoms with E-state index < -0.39 is 17.6 Å². The van der Waals surface area contributed by atoms with Crippen molar-refractivity contribution in [3.8, 4) is 5.69 Å². The molecule has 0 radical (unpaired) electrons. The van der Waals surface area contributed by atoms with E-state index in [1.807, 2.05) is 35.2 Å². The molecule has 32 heavy (non-hydrogen) atoms. The highest BCUT2D eigenvalue weighted by atomic mass is 32.2. The number of rotatable bonds is 6. The standard InChI is InChI=1S/C21H21F3N6OS/c22-21(23,24)15-9-10-18(29-11-5-2-6-12-29)17(13-15)25-19(31)14-32-20-26-27-28-30(20)16-7-3-1-4-8-16/h1,3-4,7-10,13H,2,5-6,11-12,14H2,(H,25,31). The lowest BCUT2D eigenvalue weighted by Gasteiger charge is -2.31. The van der Waals surface area contributed by atoms with E-state index in [2.05, 4.69) is 20.8 Å². The van der Waals surface area contributed by atoms with Gasteiger partial charge in [0.25, 0.3) is 0 Å². The van der Waals surface area contributed by atoms with Gasteiger partial charge in [-0.3, -0.25) is 4.79 Å². The topological polar surface area (TPSA) is 75.9 Å². The van der Waals surface area contributed by atoms with Gasteiger partial charge in [0.05, 0.1) is 28.4 Å². The van der Waals surface area contributed by atoms with Gasteiger partial charge in [-0.1, -0.05) is 30.0 Å². The first-order valence-electron chi connectivity index (χ1n) is 10.1.